The fourth-order valence-corrected chi connectivity index (χ4v) is 2.83. The van der Waals surface area contributed by atoms with E-state index < -0.39 is 9.84 Å². The number of nitriles is 1. The van der Waals surface area contributed by atoms with Crippen LogP contribution in [0.1, 0.15) is 16.7 Å². The molecule has 0 amide bonds. The fraction of sp³-hybridized carbons (Fsp3) is 0.0625. The summed E-state index contributed by atoms with van der Waals surface area (Å²) in [6.07, 6.45) is 1.43. The van der Waals surface area contributed by atoms with Gasteiger partial charge < -0.3 is 0 Å². The Morgan fingerprint density at radius 2 is 1.67 bits per heavy atom. The third-order valence-electron chi connectivity index (χ3n) is 2.79. The highest BCUT2D eigenvalue weighted by Crippen LogP contribution is 2.11. The van der Waals surface area contributed by atoms with E-state index in [0.29, 0.717) is 16.7 Å². The molecule has 0 aliphatic rings. The lowest BCUT2D eigenvalue weighted by atomic mass is 10.2. The van der Waals surface area contributed by atoms with Crippen molar-refractivity contribution in [2.75, 3.05) is 0 Å². The summed E-state index contributed by atoms with van der Waals surface area (Å²) in [6, 6.07) is 13.9. The van der Waals surface area contributed by atoms with E-state index in [0.717, 1.165) is 5.41 Å². The van der Waals surface area contributed by atoms with Crippen molar-refractivity contribution in [1.29, 1.82) is 5.26 Å². The van der Waals surface area contributed by atoms with Crippen molar-refractivity contribution < 1.29 is 12.8 Å². The summed E-state index contributed by atoms with van der Waals surface area (Å²) < 4.78 is 36.7. The molecule has 0 atom stereocenters. The summed E-state index contributed by atoms with van der Waals surface area (Å²) in [6.45, 7) is 0. The SMILES string of the molecule is N#Cc1ccc(CS(=O)(=O)/C=C/c2ccc(F)cc2)cc1. The molecule has 0 aliphatic carbocycles. The molecule has 0 heterocycles. The van der Waals surface area contributed by atoms with Crippen LogP contribution in [-0.2, 0) is 15.6 Å². The van der Waals surface area contributed by atoms with Gasteiger partial charge in [-0.1, -0.05) is 24.3 Å². The summed E-state index contributed by atoms with van der Waals surface area (Å²) in [5.74, 6) is -0.510. The Morgan fingerprint density at radius 3 is 2.24 bits per heavy atom. The molecule has 0 aromatic heterocycles. The third kappa shape index (κ3) is 4.55. The lowest BCUT2D eigenvalue weighted by Crippen LogP contribution is -1.99. The maximum Gasteiger partial charge on any atom is 0.175 e. The van der Waals surface area contributed by atoms with Gasteiger partial charge in [0.1, 0.15) is 5.82 Å². The molecule has 0 saturated carbocycles. The lowest BCUT2D eigenvalue weighted by Gasteiger charge is -2.00. The fourth-order valence-electron chi connectivity index (χ4n) is 1.71. The minimum Gasteiger partial charge on any atom is -0.224 e. The summed E-state index contributed by atoms with van der Waals surface area (Å²) in [4.78, 5) is 0. The minimum absolute atomic E-state index is 0.142. The van der Waals surface area contributed by atoms with Crippen molar-refractivity contribution in [1.82, 2.24) is 0 Å². The first-order valence-electron chi connectivity index (χ1n) is 6.14. The molecule has 2 rings (SSSR count). The smallest absolute Gasteiger partial charge is 0.175 e. The number of hydrogen-bond acceptors (Lipinski definition) is 3. The molecular formula is C16H12FNO2S. The Morgan fingerprint density at radius 1 is 1.05 bits per heavy atom. The van der Waals surface area contributed by atoms with E-state index in [2.05, 4.69) is 0 Å². The number of benzene rings is 2. The number of rotatable bonds is 4. The number of halogens is 1. The molecule has 0 aliphatic heterocycles. The average molecular weight is 301 g/mol. The van der Waals surface area contributed by atoms with Gasteiger partial charge in [0.25, 0.3) is 0 Å². The maximum absolute atomic E-state index is 12.7. The van der Waals surface area contributed by atoms with E-state index in [-0.39, 0.29) is 11.6 Å². The molecule has 21 heavy (non-hydrogen) atoms. The van der Waals surface area contributed by atoms with Crippen LogP contribution in [0, 0.1) is 17.1 Å². The van der Waals surface area contributed by atoms with Gasteiger partial charge in [-0.05, 0) is 41.5 Å². The first-order chi connectivity index (χ1) is 9.98. The van der Waals surface area contributed by atoms with Gasteiger partial charge in [-0.2, -0.15) is 5.26 Å². The summed E-state index contributed by atoms with van der Waals surface area (Å²) in [5.41, 5.74) is 1.70. The van der Waals surface area contributed by atoms with E-state index in [1.165, 1.54) is 30.3 Å². The van der Waals surface area contributed by atoms with Gasteiger partial charge in [-0.25, -0.2) is 12.8 Å². The van der Waals surface area contributed by atoms with Gasteiger partial charge in [-0.15, -0.1) is 0 Å². The van der Waals surface area contributed by atoms with Crippen LogP contribution < -0.4 is 0 Å². The van der Waals surface area contributed by atoms with E-state index in [4.69, 9.17) is 5.26 Å². The molecule has 2 aromatic carbocycles. The third-order valence-corrected chi connectivity index (χ3v) is 4.08. The van der Waals surface area contributed by atoms with Crippen molar-refractivity contribution in [2.24, 2.45) is 0 Å². The van der Waals surface area contributed by atoms with Crippen molar-refractivity contribution in [2.45, 2.75) is 5.75 Å². The molecule has 0 spiro atoms. The van der Waals surface area contributed by atoms with Crippen LogP contribution in [0.5, 0.6) is 0 Å². The van der Waals surface area contributed by atoms with Gasteiger partial charge in [0.05, 0.1) is 17.4 Å². The van der Waals surface area contributed by atoms with Crippen molar-refractivity contribution in [3.05, 3.63) is 76.4 Å². The second-order valence-electron chi connectivity index (χ2n) is 4.47. The highest BCUT2D eigenvalue weighted by molar-refractivity contribution is 7.93. The van der Waals surface area contributed by atoms with Crippen LogP contribution in [0.25, 0.3) is 6.08 Å². The van der Waals surface area contributed by atoms with Crippen LogP contribution >= 0.6 is 0 Å². The minimum atomic E-state index is -3.42. The highest BCUT2D eigenvalue weighted by Gasteiger charge is 2.07. The van der Waals surface area contributed by atoms with Crippen LogP contribution in [0.2, 0.25) is 0 Å². The van der Waals surface area contributed by atoms with E-state index in [1.54, 1.807) is 24.3 Å². The van der Waals surface area contributed by atoms with Gasteiger partial charge >= 0.3 is 0 Å². The van der Waals surface area contributed by atoms with Crippen molar-refractivity contribution >= 4 is 15.9 Å². The molecule has 2 aromatic rings. The number of hydrogen-bond donors (Lipinski definition) is 0. The van der Waals surface area contributed by atoms with Gasteiger partial charge in [0.2, 0.25) is 0 Å². The van der Waals surface area contributed by atoms with Gasteiger partial charge in [0.15, 0.2) is 9.84 Å². The van der Waals surface area contributed by atoms with Crippen LogP contribution in [0.4, 0.5) is 4.39 Å². The predicted octanol–water partition coefficient (Wildman–Crippen LogP) is 3.28. The van der Waals surface area contributed by atoms with Gasteiger partial charge in [-0.3, -0.25) is 0 Å². The summed E-state index contributed by atoms with van der Waals surface area (Å²) in [7, 11) is -3.42. The second-order valence-corrected chi connectivity index (χ2v) is 6.36. The van der Waals surface area contributed by atoms with Crippen molar-refractivity contribution in [3.63, 3.8) is 0 Å². The van der Waals surface area contributed by atoms with E-state index in [1.807, 2.05) is 6.07 Å². The Balaban J connectivity index is 2.11. The first kappa shape index (κ1) is 14.9. The van der Waals surface area contributed by atoms with Crippen LogP contribution in [0.15, 0.2) is 53.9 Å². The standard InChI is InChI=1S/C16H12FNO2S/c17-16-7-5-13(6-8-16)9-10-21(19,20)12-15-3-1-14(11-18)2-4-15/h1-10H,12H2/b10-9+. The Bertz CT molecular complexity index is 786. The number of nitrogens with zero attached hydrogens (tertiary/aromatic N) is 1. The van der Waals surface area contributed by atoms with Crippen molar-refractivity contribution in [3.8, 4) is 6.07 Å². The largest absolute Gasteiger partial charge is 0.224 e. The molecule has 106 valence electrons. The summed E-state index contributed by atoms with van der Waals surface area (Å²) >= 11 is 0. The zero-order valence-corrected chi connectivity index (χ0v) is 11.8. The molecule has 0 fully saturated rings. The zero-order chi connectivity index (χ0) is 15.3. The molecule has 3 nitrogen and oxygen atoms in total. The molecule has 0 radical (unpaired) electrons. The van der Waals surface area contributed by atoms with Gasteiger partial charge in [0, 0.05) is 5.41 Å². The zero-order valence-electron chi connectivity index (χ0n) is 11.0. The van der Waals surface area contributed by atoms with Crippen LogP contribution in [-0.4, -0.2) is 8.42 Å². The normalized spacial score (nSPS) is 11.4. The molecule has 5 heteroatoms. The molecule has 0 bridgehead atoms. The van der Waals surface area contributed by atoms with E-state index >= 15 is 0 Å². The quantitative estimate of drug-likeness (QED) is 0.870. The topological polar surface area (TPSA) is 57.9 Å². The second kappa shape index (κ2) is 6.33. The van der Waals surface area contributed by atoms with Crippen LogP contribution in [0.3, 0.4) is 0 Å². The number of sulfone groups is 1. The lowest BCUT2D eigenvalue weighted by molar-refractivity contribution is 0.604. The maximum atomic E-state index is 12.7. The molecule has 0 saturated heterocycles. The monoisotopic (exact) mass is 301 g/mol. The Hall–Kier alpha value is -2.45. The molecule has 0 N–H and O–H groups in total. The molecule has 0 unspecified atom stereocenters. The van der Waals surface area contributed by atoms with E-state index in [9.17, 15) is 12.8 Å². The predicted molar refractivity (Wildman–Crippen MR) is 79.2 cm³/mol. The Kier molecular flexibility index (Phi) is 4.51. The molecular weight excluding hydrogens is 289 g/mol. The first-order valence-corrected chi connectivity index (χ1v) is 7.85. The highest BCUT2D eigenvalue weighted by atomic mass is 32.2. The average Bonchev–Trinajstić information content (AvgIpc) is 2.47. The summed E-state index contributed by atoms with van der Waals surface area (Å²) in [5, 5.41) is 9.79. The Labute approximate surface area is 122 Å².